The zero-order valence-electron chi connectivity index (χ0n) is 13.1. The molecule has 0 aliphatic carbocycles. The van der Waals surface area contributed by atoms with E-state index in [-0.39, 0.29) is 19.1 Å². The zero-order valence-corrected chi connectivity index (χ0v) is 13.1. The molecule has 1 aliphatic heterocycles. The quantitative estimate of drug-likeness (QED) is 0.848. The van der Waals surface area contributed by atoms with Gasteiger partial charge in [0.05, 0.1) is 5.69 Å². The lowest BCUT2D eigenvalue weighted by Gasteiger charge is -2.22. The van der Waals surface area contributed by atoms with Gasteiger partial charge in [-0.2, -0.15) is 4.98 Å². The van der Waals surface area contributed by atoms with Crippen LogP contribution in [0.4, 0.5) is 5.69 Å². The lowest BCUT2D eigenvalue weighted by molar-refractivity contribution is -0.123. The van der Waals surface area contributed by atoms with Crippen molar-refractivity contribution in [1.29, 1.82) is 0 Å². The monoisotopic (exact) mass is 313 g/mol. The summed E-state index contributed by atoms with van der Waals surface area (Å²) >= 11 is 0. The molecule has 23 heavy (non-hydrogen) atoms. The third-order valence-electron chi connectivity index (χ3n) is 3.62. The lowest BCUT2D eigenvalue weighted by Crippen LogP contribution is -2.34. The van der Waals surface area contributed by atoms with Crippen molar-refractivity contribution in [2.75, 3.05) is 18.1 Å². The molecular weight excluding hydrogens is 294 g/mol. The molecule has 0 N–H and O–H groups in total. The summed E-state index contributed by atoms with van der Waals surface area (Å²) in [7, 11) is 0. The van der Waals surface area contributed by atoms with Crippen molar-refractivity contribution in [2.24, 2.45) is 0 Å². The first-order valence-electron chi connectivity index (χ1n) is 7.73. The SMILES string of the molecule is CCc1noc(COCC(=O)N2CCC=Cc3ccccc32)n1. The average Bonchev–Trinajstić information content (AvgIpc) is 2.92. The van der Waals surface area contributed by atoms with E-state index in [1.165, 1.54) is 0 Å². The highest BCUT2D eigenvalue weighted by atomic mass is 16.5. The Kier molecular flexibility index (Phi) is 4.83. The molecule has 0 unspecified atom stereocenters. The van der Waals surface area contributed by atoms with Crippen LogP contribution in [-0.2, 0) is 22.6 Å². The standard InChI is InChI=1S/C17H19N3O3/c1-2-15-18-16(23-19-15)11-22-12-17(21)20-10-6-5-8-13-7-3-4-9-14(13)20/h3-5,7-9H,2,6,10-12H2,1H3. The van der Waals surface area contributed by atoms with Crippen LogP contribution < -0.4 is 4.90 Å². The Bertz CT molecular complexity index is 709. The second-order valence-corrected chi connectivity index (χ2v) is 5.25. The third-order valence-corrected chi connectivity index (χ3v) is 3.62. The summed E-state index contributed by atoms with van der Waals surface area (Å²) < 4.78 is 10.5. The van der Waals surface area contributed by atoms with E-state index in [0.717, 1.165) is 17.7 Å². The summed E-state index contributed by atoms with van der Waals surface area (Å²) in [6.45, 7) is 2.73. The normalized spacial score (nSPS) is 13.7. The number of para-hydroxylation sites is 1. The molecule has 120 valence electrons. The first kappa shape index (κ1) is 15.4. The summed E-state index contributed by atoms with van der Waals surface area (Å²) in [6.07, 6.45) is 5.66. The van der Waals surface area contributed by atoms with Gasteiger partial charge in [0, 0.05) is 13.0 Å². The van der Waals surface area contributed by atoms with Crippen LogP contribution in [0.2, 0.25) is 0 Å². The predicted octanol–water partition coefficient (Wildman–Crippen LogP) is 2.60. The minimum Gasteiger partial charge on any atom is -0.362 e. The van der Waals surface area contributed by atoms with Gasteiger partial charge in [-0.15, -0.1) is 0 Å². The number of rotatable bonds is 5. The van der Waals surface area contributed by atoms with Crippen molar-refractivity contribution in [2.45, 2.75) is 26.4 Å². The van der Waals surface area contributed by atoms with E-state index in [0.29, 0.717) is 24.7 Å². The molecule has 0 bridgehead atoms. The number of anilines is 1. The number of aromatic nitrogens is 2. The van der Waals surface area contributed by atoms with Crippen molar-refractivity contribution in [3.8, 4) is 0 Å². The maximum atomic E-state index is 12.5. The minimum atomic E-state index is -0.0728. The minimum absolute atomic E-state index is 0.0157. The van der Waals surface area contributed by atoms with E-state index in [9.17, 15) is 4.79 Å². The highest BCUT2D eigenvalue weighted by Gasteiger charge is 2.19. The number of aryl methyl sites for hydroxylation is 1. The fourth-order valence-corrected chi connectivity index (χ4v) is 2.46. The number of hydrogen-bond donors (Lipinski definition) is 0. The van der Waals surface area contributed by atoms with Gasteiger partial charge in [-0.3, -0.25) is 4.79 Å². The van der Waals surface area contributed by atoms with Crippen LogP contribution in [-0.4, -0.2) is 29.2 Å². The van der Waals surface area contributed by atoms with E-state index in [2.05, 4.69) is 16.2 Å². The maximum Gasteiger partial charge on any atom is 0.253 e. The Morgan fingerprint density at radius 1 is 1.39 bits per heavy atom. The molecule has 2 heterocycles. The van der Waals surface area contributed by atoms with Crippen molar-refractivity contribution >= 4 is 17.7 Å². The first-order valence-corrected chi connectivity index (χ1v) is 7.73. The van der Waals surface area contributed by atoms with Gasteiger partial charge >= 0.3 is 0 Å². The summed E-state index contributed by atoms with van der Waals surface area (Å²) in [5, 5.41) is 3.79. The predicted molar refractivity (Wildman–Crippen MR) is 85.8 cm³/mol. The van der Waals surface area contributed by atoms with E-state index in [1.54, 1.807) is 4.90 Å². The zero-order chi connectivity index (χ0) is 16.1. The Balaban J connectivity index is 1.60. The van der Waals surface area contributed by atoms with Gasteiger partial charge in [0.2, 0.25) is 0 Å². The first-order chi connectivity index (χ1) is 11.3. The van der Waals surface area contributed by atoms with Crippen LogP contribution in [0, 0.1) is 0 Å². The second kappa shape index (κ2) is 7.19. The van der Waals surface area contributed by atoms with Crippen LogP contribution >= 0.6 is 0 Å². The number of carbonyl (C=O) groups excluding carboxylic acids is 1. The number of amides is 1. The third kappa shape index (κ3) is 3.65. The largest absolute Gasteiger partial charge is 0.362 e. The Morgan fingerprint density at radius 2 is 2.26 bits per heavy atom. The topological polar surface area (TPSA) is 68.5 Å². The van der Waals surface area contributed by atoms with E-state index in [4.69, 9.17) is 9.26 Å². The number of fused-ring (bicyclic) bond motifs is 1. The van der Waals surface area contributed by atoms with Crippen LogP contribution in [0.5, 0.6) is 0 Å². The molecule has 3 rings (SSSR count). The number of ether oxygens (including phenoxy) is 1. The number of benzene rings is 1. The second-order valence-electron chi connectivity index (χ2n) is 5.25. The summed E-state index contributed by atoms with van der Waals surface area (Å²) in [5.41, 5.74) is 1.96. The molecule has 1 aromatic carbocycles. The van der Waals surface area contributed by atoms with Gasteiger partial charge in [0.15, 0.2) is 5.82 Å². The smallest absolute Gasteiger partial charge is 0.253 e. The highest BCUT2D eigenvalue weighted by molar-refractivity contribution is 5.96. The molecule has 6 heteroatoms. The van der Waals surface area contributed by atoms with E-state index < -0.39 is 0 Å². The summed E-state index contributed by atoms with van der Waals surface area (Å²) in [6, 6.07) is 7.86. The van der Waals surface area contributed by atoms with Crippen LogP contribution in [0.1, 0.15) is 30.6 Å². The lowest BCUT2D eigenvalue weighted by atomic mass is 10.1. The molecule has 0 spiro atoms. The van der Waals surface area contributed by atoms with Gasteiger partial charge in [-0.25, -0.2) is 0 Å². The van der Waals surface area contributed by atoms with E-state index >= 15 is 0 Å². The van der Waals surface area contributed by atoms with Crippen LogP contribution in [0.15, 0.2) is 34.9 Å². The van der Waals surface area contributed by atoms with Gasteiger partial charge in [0.25, 0.3) is 11.8 Å². The average molecular weight is 313 g/mol. The number of hydrogen-bond acceptors (Lipinski definition) is 5. The molecule has 0 radical (unpaired) electrons. The Labute approximate surface area is 134 Å². The Hall–Kier alpha value is -2.47. The van der Waals surface area contributed by atoms with Gasteiger partial charge < -0.3 is 14.2 Å². The fraction of sp³-hybridized carbons (Fsp3) is 0.353. The highest BCUT2D eigenvalue weighted by Crippen LogP contribution is 2.25. The number of nitrogens with zero attached hydrogens (tertiary/aromatic N) is 3. The molecule has 0 atom stereocenters. The molecule has 1 aromatic heterocycles. The molecule has 6 nitrogen and oxygen atoms in total. The molecule has 0 saturated heterocycles. The van der Waals surface area contributed by atoms with E-state index in [1.807, 2.05) is 37.3 Å². The van der Waals surface area contributed by atoms with Crippen LogP contribution in [0.3, 0.4) is 0 Å². The van der Waals surface area contributed by atoms with Crippen molar-refractivity contribution in [1.82, 2.24) is 10.1 Å². The maximum absolute atomic E-state index is 12.5. The molecule has 2 aromatic rings. The van der Waals surface area contributed by atoms with Crippen molar-refractivity contribution in [3.05, 3.63) is 47.6 Å². The van der Waals surface area contributed by atoms with Gasteiger partial charge in [-0.1, -0.05) is 42.4 Å². The Morgan fingerprint density at radius 3 is 3.09 bits per heavy atom. The molecule has 0 saturated carbocycles. The van der Waals surface area contributed by atoms with Crippen molar-refractivity contribution < 1.29 is 14.1 Å². The molecule has 0 fully saturated rings. The number of carbonyl (C=O) groups is 1. The fourth-order valence-electron chi connectivity index (χ4n) is 2.46. The molecule has 1 aliphatic rings. The van der Waals surface area contributed by atoms with Gasteiger partial charge in [-0.05, 0) is 18.1 Å². The van der Waals surface area contributed by atoms with Crippen LogP contribution in [0.25, 0.3) is 6.08 Å². The summed E-state index contributed by atoms with van der Waals surface area (Å²) in [5.74, 6) is 0.964. The van der Waals surface area contributed by atoms with Crippen molar-refractivity contribution in [3.63, 3.8) is 0 Å². The molecule has 1 amide bonds. The molecular formula is C17H19N3O3. The van der Waals surface area contributed by atoms with Gasteiger partial charge in [0.1, 0.15) is 13.2 Å². The summed E-state index contributed by atoms with van der Waals surface area (Å²) in [4.78, 5) is 18.4.